The van der Waals surface area contributed by atoms with Crippen LogP contribution in [0.25, 0.3) is 22.2 Å². The van der Waals surface area contributed by atoms with Gasteiger partial charge in [0.25, 0.3) is 5.91 Å². The van der Waals surface area contributed by atoms with Crippen molar-refractivity contribution in [2.75, 3.05) is 11.1 Å². The van der Waals surface area contributed by atoms with E-state index >= 15 is 0 Å². The molecule has 0 fully saturated rings. The zero-order valence-electron chi connectivity index (χ0n) is 17.6. The summed E-state index contributed by atoms with van der Waals surface area (Å²) in [4.78, 5) is 17.1. The van der Waals surface area contributed by atoms with E-state index in [0.717, 1.165) is 5.56 Å². The molecule has 4 N–H and O–H groups in total. The number of hydrogen-bond donors (Lipinski definition) is 3. The number of anilines is 2. The van der Waals surface area contributed by atoms with Gasteiger partial charge in [-0.25, -0.2) is 4.98 Å². The zero-order chi connectivity index (χ0) is 22.2. The number of fused-ring (bicyclic) bond motifs is 1. The topological polar surface area (TPSA) is 114 Å². The molecule has 4 aromatic rings. The highest BCUT2D eigenvalue weighted by atomic mass is 16.5. The van der Waals surface area contributed by atoms with Gasteiger partial charge in [-0.05, 0) is 35.2 Å². The highest BCUT2D eigenvalue weighted by Gasteiger charge is 2.20. The van der Waals surface area contributed by atoms with Crippen molar-refractivity contribution < 1.29 is 14.4 Å². The van der Waals surface area contributed by atoms with Crippen molar-refractivity contribution in [1.82, 2.24) is 10.1 Å². The number of nitrogens with zero attached hydrogens (tertiary/aromatic N) is 2. The molecule has 31 heavy (non-hydrogen) atoms. The lowest BCUT2D eigenvalue weighted by atomic mass is 9.86. The molecule has 7 heteroatoms. The van der Waals surface area contributed by atoms with E-state index in [0.29, 0.717) is 22.4 Å². The summed E-state index contributed by atoms with van der Waals surface area (Å²) in [5.41, 5.74) is 9.75. The summed E-state index contributed by atoms with van der Waals surface area (Å²) in [6.07, 6.45) is -1.43. The third-order valence-electron chi connectivity index (χ3n) is 5.11. The number of aliphatic hydroxyl groups excluding tert-OH is 1. The Hall–Kier alpha value is -3.71. The largest absolute Gasteiger partial charge is 0.380 e. The summed E-state index contributed by atoms with van der Waals surface area (Å²) >= 11 is 0. The van der Waals surface area contributed by atoms with Gasteiger partial charge in [-0.15, -0.1) is 0 Å². The van der Waals surface area contributed by atoms with Crippen LogP contribution in [0.1, 0.15) is 38.1 Å². The number of nitrogens with two attached hydrogens (primary N) is 1. The van der Waals surface area contributed by atoms with E-state index in [1.54, 1.807) is 30.3 Å². The second kappa shape index (κ2) is 7.85. The van der Waals surface area contributed by atoms with Crippen LogP contribution in [0.4, 0.5) is 11.5 Å². The van der Waals surface area contributed by atoms with Gasteiger partial charge in [0.15, 0.2) is 17.5 Å². The summed E-state index contributed by atoms with van der Waals surface area (Å²) in [7, 11) is 0. The molecule has 4 rings (SSSR count). The van der Waals surface area contributed by atoms with Crippen molar-refractivity contribution in [3.05, 3.63) is 71.9 Å². The van der Waals surface area contributed by atoms with E-state index in [-0.39, 0.29) is 16.9 Å². The lowest BCUT2D eigenvalue weighted by molar-refractivity contribution is -0.124. The molecule has 0 aliphatic heterocycles. The smallest absolute Gasteiger partial charge is 0.259 e. The number of amides is 1. The average Bonchev–Trinajstić information content (AvgIpc) is 3.13. The number of pyridine rings is 1. The van der Waals surface area contributed by atoms with E-state index in [1.165, 1.54) is 5.56 Å². The Morgan fingerprint density at radius 3 is 2.55 bits per heavy atom. The quantitative estimate of drug-likeness (QED) is 0.453. The Bertz CT molecular complexity index is 1240. The maximum Gasteiger partial charge on any atom is 0.259 e. The Morgan fingerprint density at radius 1 is 1.10 bits per heavy atom. The van der Waals surface area contributed by atoms with E-state index in [2.05, 4.69) is 48.4 Å². The summed E-state index contributed by atoms with van der Waals surface area (Å²) in [6.45, 7) is 6.47. The first-order valence-electron chi connectivity index (χ1n) is 9.94. The third-order valence-corrected chi connectivity index (χ3v) is 5.11. The van der Waals surface area contributed by atoms with Crippen LogP contribution >= 0.6 is 0 Å². The Kier molecular flexibility index (Phi) is 5.20. The summed E-state index contributed by atoms with van der Waals surface area (Å²) < 4.78 is 5.11. The highest BCUT2D eigenvalue weighted by Crippen LogP contribution is 2.27. The summed E-state index contributed by atoms with van der Waals surface area (Å²) in [6, 6.07) is 18.3. The molecule has 2 heterocycles. The van der Waals surface area contributed by atoms with Crippen LogP contribution in [0.15, 0.2) is 65.2 Å². The minimum absolute atomic E-state index is 0.0581. The maximum atomic E-state index is 12.6. The number of hydrogen-bond acceptors (Lipinski definition) is 6. The van der Waals surface area contributed by atoms with Crippen LogP contribution in [0.5, 0.6) is 0 Å². The third kappa shape index (κ3) is 4.27. The van der Waals surface area contributed by atoms with E-state index in [1.807, 2.05) is 18.2 Å². The van der Waals surface area contributed by atoms with Gasteiger partial charge in [0, 0.05) is 17.3 Å². The van der Waals surface area contributed by atoms with Crippen molar-refractivity contribution >= 4 is 28.4 Å². The minimum atomic E-state index is -1.43. The molecule has 0 spiro atoms. The molecular weight excluding hydrogens is 392 g/mol. The van der Waals surface area contributed by atoms with Crippen LogP contribution in [0.3, 0.4) is 0 Å². The van der Waals surface area contributed by atoms with Crippen molar-refractivity contribution in [3.8, 4) is 11.3 Å². The fraction of sp³-hybridized carbons (Fsp3) is 0.208. The van der Waals surface area contributed by atoms with Crippen LogP contribution in [0.2, 0.25) is 0 Å². The standard InChI is InChI=1S/C24H24N4O3/c1-24(2,3)15-9-7-14(8-10-15)18-5-4-6-19(27-18)21(29)23(30)26-16-11-12-17-20(13-16)31-28-22(17)25/h4-13,21,29H,1-3H3,(H2,25,28)(H,26,30). The van der Waals surface area contributed by atoms with Crippen molar-refractivity contribution in [2.45, 2.75) is 32.3 Å². The molecule has 1 unspecified atom stereocenters. The molecule has 0 bridgehead atoms. The van der Waals surface area contributed by atoms with Crippen LogP contribution in [-0.2, 0) is 10.2 Å². The monoisotopic (exact) mass is 416 g/mol. The van der Waals surface area contributed by atoms with Crippen molar-refractivity contribution in [2.24, 2.45) is 0 Å². The molecule has 0 radical (unpaired) electrons. The van der Waals surface area contributed by atoms with Gasteiger partial charge in [-0.1, -0.05) is 56.3 Å². The first-order valence-corrected chi connectivity index (χ1v) is 9.94. The predicted octanol–water partition coefficient (Wildman–Crippen LogP) is 4.44. The van der Waals surface area contributed by atoms with Crippen molar-refractivity contribution in [1.29, 1.82) is 0 Å². The van der Waals surface area contributed by atoms with Crippen LogP contribution in [0, 0.1) is 0 Å². The maximum absolute atomic E-state index is 12.6. The molecule has 2 aromatic heterocycles. The first-order chi connectivity index (χ1) is 14.7. The Balaban J connectivity index is 1.52. The molecule has 2 aromatic carbocycles. The number of nitrogen functional groups attached to an aromatic ring is 1. The van der Waals surface area contributed by atoms with E-state index in [4.69, 9.17) is 10.3 Å². The Labute approximate surface area is 179 Å². The predicted molar refractivity (Wildman–Crippen MR) is 120 cm³/mol. The molecule has 0 saturated carbocycles. The molecular formula is C24H24N4O3. The molecule has 1 amide bonds. The Morgan fingerprint density at radius 2 is 1.84 bits per heavy atom. The first kappa shape index (κ1) is 20.6. The second-order valence-electron chi connectivity index (χ2n) is 8.45. The van der Waals surface area contributed by atoms with Gasteiger partial charge in [0.1, 0.15) is 0 Å². The van der Waals surface area contributed by atoms with Crippen LogP contribution in [-0.4, -0.2) is 21.2 Å². The van der Waals surface area contributed by atoms with Crippen molar-refractivity contribution in [3.63, 3.8) is 0 Å². The normalized spacial score (nSPS) is 12.6. The molecule has 1 atom stereocenters. The minimum Gasteiger partial charge on any atom is -0.380 e. The van der Waals surface area contributed by atoms with Gasteiger partial charge in [0.2, 0.25) is 0 Å². The summed E-state index contributed by atoms with van der Waals surface area (Å²) in [5.74, 6) is -0.316. The fourth-order valence-electron chi connectivity index (χ4n) is 3.29. The number of rotatable bonds is 4. The molecule has 158 valence electrons. The van der Waals surface area contributed by atoms with Gasteiger partial charge >= 0.3 is 0 Å². The highest BCUT2D eigenvalue weighted by molar-refractivity contribution is 5.97. The molecule has 0 saturated heterocycles. The van der Waals surface area contributed by atoms with Gasteiger partial charge in [-0.3, -0.25) is 4.79 Å². The fourth-order valence-corrected chi connectivity index (χ4v) is 3.29. The average molecular weight is 416 g/mol. The van der Waals surface area contributed by atoms with Gasteiger partial charge in [0.05, 0.1) is 16.8 Å². The number of aromatic nitrogens is 2. The zero-order valence-corrected chi connectivity index (χ0v) is 17.6. The lowest BCUT2D eigenvalue weighted by Crippen LogP contribution is -2.21. The van der Waals surface area contributed by atoms with E-state index < -0.39 is 12.0 Å². The molecule has 0 aliphatic carbocycles. The second-order valence-corrected chi connectivity index (χ2v) is 8.45. The van der Waals surface area contributed by atoms with Gasteiger partial charge in [-0.2, -0.15) is 0 Å². The number of carbonyl (C=O) groups is 1. The number of benzene rings is 2. The number of carbonyl (C=O) groups excluding carboxylic acids is 1. The summed E-state index contributed by atoms with van der Waals surface area (Å²) in [5, 5.41) is 17.6. The number of aliphatic hydroxyl groups is 1. The van der Waals surface area contributed by atoms with Crippen LogP contribution < -0.4 is 11.1 Å². The lowest BCUT2D eigenvalue weighted by Gasteiger charge is -2.19. The molecule has 0 aliphatic rings. The SMILES string of the molecule is CC(C)(C)c1ccc(-c2cccc(C(O)C(=O)Nc3ccc4c(N)noc4c3)n2)cc1. The molecule has 7 nitrogen and oxygen atoms in total. The number of nitrogens with one attached hydrogen (secondary N) is 1. The van der Waals surface area contributed by atoms with E-state index in [9.17, 15) is 9.90 Å². The van der Waals surface area contributed by atoms with Gasteiger partial charge < -0.3 is 20.7 Å².